The van der Waals surface area contributed by atoms with Gasteiger partial charge in [0.15, 0.2) is 5.82 Å². The fourth-order valence-electron chi connectivity index (χ4n) is 3.80. The maximum atomic E-state index is 12.9. The number of amides is 1. The molecule has 2 aromatic rings. The van der Waals surface area contributed by atoms with Crippen molar-refractivity contribution in [2.24, 2.45) is 5.41 Å². The number of amidine groups is 1. The Bertz CT molecular complexity index is 1360. The number of nitrogens with one attached hydrogen (secondary N) is 4. The van der Waals surface area contributed by atoms with Gasteiger partial charge >= 0.3 is 0 Å². The van der Waals surface area contributed by atoms with E-state index in [1.165, 1.54) is 12.4 Å². The highest BCUT2D eigenvalue weighted by atomic mass is 35.5. The predicted molar refractivity (Wildman–Crippen MR) is 160 cm³/mol. The number of halogens is 1. The molecule has 0 saturated heterocycles. The van der Waals surface area contributed by atoms with Gasteiger partial charge in [-0.1, -0.05) is 50.9 Å². The van der Waals surface area contributed by atoms with Crippen molar-refractivity contribution >= 4 is 46.1 Å². The number of carbonyl (C=O) groups is 1. The molecule has 2 heterocycles. The number of rotatable bonds is 12. The second-order valence-corrected chi connectivity index (χ2v) is 11.0. The van der Waals surface area contributed by atoms with Crippen LogP contribution in [0.4, 0.5) is 11.8 Å². The fourth-order valence-corrected chi connectivity index (χ4v) is 3.99. The standard InChI is InChI=1S/C28H38ClN9O2/c1-6-28(2,3)14-18(16-39)13-23(30)36-26(40)19-7-9-20(29)21(10-8-19)35-25-24-22(33-17-34-25)15-32-27(37-24)31-11-12-38(4)5/h7,9-10,13,15,17,39H,6,8,11-12,14,16H2,1-5H3,(H2,30,36,40)(H,31,32,37)(H,33,34,35)/b18-13-. The first-order valence-electron chi connectivity index (χ1n) is 13.1. The monoisotopic (exact) mass is 567 g/mol. The third-order valence-electron chi connectivity index (χ3n) is 6.44. The number of likely N-dealkylation sites (N-methyl/N-ethyl adjacent to an activating group) is 1. The summed E-state index contributed by atoms with van der Waals surface area (Å²) in [5.41, 5.74) is 2.76. The Morgan fingerprint density at radius 1 is 1.25 bits per heavy atom. The van der Waals surface area contributed by atoms with Crippen LogP contribution in [0.15, 0.2) is 58.7 Å². The van der Waals surface area contributed by atoms with Gasteiger partial charge in [-0.25, -0.2) is 19.9 Å². The van der Waals surface area contributed by atoms with Crippen molar-refractivity contribution in [3.8, 4) is 0 Å². The third-order valence-corrected chi connectivity index (χ3v) is 6.77. The van der Waals surface area contributed by atoms with E-state index in [4.69, 9.17) is 17.0 Å². The lowest BCUT2D eigenvalue weighted by Gasteiger charge is -2.23. The van der Waals surface area contributed by atoms with Gasteiger partial charge in [0, 0.05) is 18.7 Å². The Balaban J connectivity index is 1.71. The molecule has 0 radical (unpaired) electrons. The van der Waals surface area contributed by atoms with Crippen LogP contribution in [0.1, 0.15) is 40.0 Å². The molecular formula is C28H38ClN9O2. The molecule has 0 aromatic carbocycles. The quantitative estimate of drug-likeness (QED) is 0.189. The molecular weight excluding hydrogens is 530 g/mol. The zero-order chi connectivity index (χ0) is 29.3. The van der Waals surface area contributed by atoms with E-state index in [0.717, 1.165) is 13.0 Å². The summed E-state index contributed by atoms with van der Waals surface area (Å²) < 4.78 is 0. The van der Waals surface area contributed by atoms with Crippen LogP contribution < -0.4 is 16.0 Å². The van der Waals surface area contributed by atoms with Crippen LogP contribution in [0.2, 0.25) is 0 Å². The van der Waals surface area contributed by atoms with Crippen molar-refractivity contribution in [1.82, 2.24) is 30.2 Å². The summed E-state index contributed by atoms with van der Waals surface area (Å²) in [6, 6.07) is 0. The number of hydrogen-bond acceptors (Lipinski definition) is 10. The van der Waals surface area contributed by atoms with Crippen LogP contribution in [0.3, 0.4) is 0 Å². The zero-order valence-electron chi connectivity index (χ0n) is 23.7. The highest BCUT2D eigenvalue weighted by molar-refractivity contribution is 6.32. The number of anilines is 2. The normalized spacial score (nSPS) is 14.3. The maximum absolute atomic E-state index is 12.9. The lowest BCUT2D eigenvalue weighted by Crippen LogP contribution is -2.30. The molecule has 2 aromatic heterocycles. The van der Waals surface area contributed by atoms with Gasteiger partial charge in [-0.15, -0.1) is 0 Å². The molecule has 0 saturated carbocycles. The fraction of sp³-hybridized carbons (Fsp3) is 0.429. The zero-order valence-corrected chi connectivity index (χ0v) is 24.4. The molecule has 0 unspecified atom stereocenters. The van der Waals surface area contributed by atoms with Crippen molar-refractivity contribution < 1.29 is 9.90 Å². The number of nitrogens with zero attached hydrogens (tertiary/aromatic N) is 5. The van der Waals surface area contributed by atoms with Crippen molar-refractivity contribution in [1.29, 1.82) is 5.41 Å². The van der Waals surface area contributed by atoms with Gasteiger partial charge in [-0.2, -0.15) is 0 Å². The van der Waals surface area contributed by atoms with Gasteiger partial charge in [0.25, 0.3) is 5.91 Å². The van der Waals surface area contributed by atoms with Crippen LogP contribution in [0.5, 0.6) is 0 Å². The van der Waals surface area contributed by atoms with E-state index < -0.39 is 5.91 Å². The summed E-state index contributed by atoms with van der Waals surface area (Å²) in [7, 11) is 3.98. The second-order valence-electron chi connectivity index (χ2n) is 10.6. The average Bonchev–Trinajstić information content (AvgIpc) is 3.09. The second kappa shape index (κ2) is 14.1. The molecule has 5 N–H and O–H groups in total. The van der Waals surface area contributed by atoms with Gasteiger partial charge in [0.05, 0.1) is 23.5 Å². The molecule has 1 aliphatic carbocycles. The SMILES string of the molecule is CCC(C)(C)C/C(=C/C(=N)NC(=O)C1=CC=C(Cl)C(Nc2ncnc3cnc(NCCN(C)C)nc23)=CC1)CO. The molecule has 40 heavy (non-hydrogen) atoms. The van der Waals surface area contributed by atoms with Gasteiger partial charge in [0.2, 0.25) is 5.95 Å². The molecule has 0 aliphatic heterocycles. The van der Waals surface area contributed by atoms with Crippen LogP contribution in [0, 0.1) is 10.8 Å². The number of aliphatic hydroxyl groups excluding tert-OH is 1. The molecule has 0 fully saturated rings. The summed E-state index contributed by atoms with van der Waals surface area (Å²) in [6.45, 7) is 7.61. The predicted octanol–water partition coefficient (Wildman–Crippen LogP) is 3.98. The van der Waals surface area contributed by atoms with E-state index in [-0.39, 0.29) is 24.3 Å². The maximum Gasteiger partial charge on any atom is 0.253 e. The Morgan fingerprint density at radius 2 is 2.02 bits per heavy atom. The number of carbonyl (C=O) groups excluding carboxylic acids is 1. The van der Waals surface area contributed by atoms with Gasteiger partial charge in [-0.05, 0) is 50.1 Å². The first-order chi connectivity index (χ1) is 19.0. The van der Waals surface area contributed by atoms with Gasteiger partial charge in [-0.3, -0.25) is 10.2 Å². The molecule has 0 bridgehead atoms. The minimum absolute atomic E-state index is 0.0103. The van der Waals surface area contributed by atoms with E-state index >= 15 is 0 Å². The summed E-state index contributed by atoms with van der Waals surface area (Å²) in [5.74, 6) is 0.418. The van der Waals surface area contributed by atoms with Crippen molar-refractivity contribution in [2.75, 3.05) is 44.4 Å². The van der Waals surface area contributed by atoms with E-state index in [1.54, 1.807) is 24.4 Å². The van der Waals surface area contributed by atoms with Crippen LogP contribution in [-0.4, -0.2) is 75.5 Å². The molecule has 214 valence electrons. The molecule has 0 atom stereocenters. The van der Waals surface area contributed by atoms with Gasteiger partial charge in [0.1, 0.15) is 23.2 Å². The Morgan fingerprint density at radius 3 is 2.73 bits per heavy atom. The minimum atomic E-state index is -0.417. The molecule has 11 nitrogen and oxygen atoms in total. The van der Waals surface area contributed by atoms with Crippen molar-refractivity contribution in [3.63, 3.8) is 0 Å². The van der Waals surface area contributed by atoms with Crippen molar-refractivity contribution in [2.45, 2.75) is 40.0 Å². The third kappa shape index (κ3) is 8.94. The lowest BCUT2D eigenvalue weighted by atomic mass is 9.83. The molecule has 12 heteroatoms. The highest BCUT2D eigenvalue weighted by Gasteiger charge is 2.19. The van der Waals surface area contributed by atoms with E-state index in [0.29, 0.717) is 57.6 Å². The first-order valence-corrected chi connectivity index (χ1v) is 13.5. The summed E-state index contributed by atoms with van der Waals surface area (Å²) in [5, 5.41) is 27.3. The Hall–Kier alpha value is -3.67. The number of allylic oxidation sites excluding steroid dienone is 4. The topological polar surface area (TPSA) is 152 Å². The molecule has 3 rings (SSSR count). The van der Waals surface area contributed by atoms with E-state index in [2.05, 4.69) is 61.6 Å². The van der Waals surface area contributed by atoms with Crippen molar-refractivity contribution in [3.05, 3.63) is 58.7 Å². The summed E-state index contributed by atoms with van der Waals surface area (Å²) in [6.07, 6.45) is 11.4. The number of aromatic nitrogens is 4. The Kier molecular flexibility index (Phi) is 10.9. The summed E-state index contributed by atoms with van der Waals surface area (Å²) in [4.78, 5) is 32.5. The summed E-state index contributed by atoms with van der Waals surface area (Å²) >= 11 is 6.54. The van der Waals surface area contributed by atoms with E-state index in [1.807, 2.05) is 14.1 Å². The first kappa shape index (κ1) is 30.9. The largest absolute Gasteiger partial charge is 0.392 e. The van der Waals surface area contributed by atoms with Crippen LogP contribution in [-0.2, 0) is 4.79 Å². The average molecular weight is 568 g/mol. The smallest absolute Gasteiger partial charge is 0.253 e. The highest BCUT2D eigenvalue weighted by Crippen LogP contribution is 2.29. The van der Waals surface area contributed by atoms with Crippen LogP contribution >= 0.6 is 11.6 Å². The minimum Gasteiger partial charge on any atom is -0.392 e. The molecule has 1 aliphatic rings. The van der Waals surface area contributed by atoms with Gasteiger partial charge < -0.3 is 26.0 Å². The molecule has 1 amide bonds. The lowest BCUT2D eigenvalue weighted by molar-refractivity contribution is -0.116. The van der Waals surface area contributed by atoms with E-state index in [9.17, 15) is 9.90 Å². The number of aliphatic hydroxyl groups is 1. The Labute approximate surface area is 240 Å². The number of hydrogen-bond donors (Lipinski definition) is 5. The number of fused-ring (bicyclic) bond motifs is 1. The molecule has 0 spiro atoms. The van der Waals surface area contributed by atoms with Crippen LogP contribution in [0.25, 0.3) is 11.0 Å².